The third-order valence-corrected chi connectivity index (χ3v) is 3.92. The van der Waals surface area contributed by atoms with Crippen molar-refractivity contribution in [1.29, 1.82) is 0 Å². The summed E-state index contributed by atoms with van der Waals surface area (Å²) in [6, 6.07) is 20.1. The number of rotatable bonds is 6. The van der Waals surface area contributed by atoms with Gasteiger partial charge in [0, 0.05) is 18.9 Å². The van der Waals surface area contributed by atoms with Gasteiger partial charge in [-0.05, 0) is 18.2 Å². The van der Waals surface area contributed by atoms with Crippen LogP contribution in [0.1, 0.15) is 18.1 Å². The van der Waals surface area contributed by atoms with Crippen molar-refractivity contribution in [3.8, 4) is 0 Å². The SMILES string of the molecule is CNC[C@@H](C)[C@@](O)(Cc1ccccc1)c1ccccc1. The van der Waals surface area contributed by atoms with E-state index in [2.05, 4.69) is 24.4 Å². The second kappa shape index (κ2) is 6.69. The fraction of sp³-hybridized carbons (Fsp3) is 0.333. The quantitative estimate of drug-likeness (QED) is 0.845. The largest absolute Gasteiger partial charge is 0.384 e. The van der Waals surface area contributed by atoms with Crippen LogP contribution in [-0.4, -0.2) is 18.7 Å². The number of hydrogen-bond acceptors (Lipinski definition) is 2. The molecule has 0 spiro atoms. The van der Waals surface area contributed by atoms with E-state index < -0.39 is 5.60 Å². The normalized spacial score (nSPS) is 15.6. The first-order chi connectivity index (χ1) is 9.66. The molecule has 106 valence electrons. The zero-order valence-electron chi connectivity index (χ0n) is 12.2. The van der Waals surface area contributed by atoms with Crippen LogP contribution in [0.4, 0.5) is 0 Å². The molecule has 2 aromatic rings. The summed E-state index contributed by atoms with van der Waals surface area (Å²) in [5, 5.41) is 14.5. The maximum atomic E-state index is 11.3. The molecular weight excluding hydrogens is 246 g/mol. The van der Waals surface area contributed by atoms with Gasteiger partial charge in [-0.3, -0.25) is 0 Å². The van der Waals surface area contributed by atoms with E-state index in [1.807, 2.05) is 55.6 Å². The molecule has 0 saturated carbocycles. The Morgan fingerprint density at radius 1 is 1.00 bits per heavy atom. The van der Waals surface area contributed by atoms with E-state index in [0.717, 1.165) is 17.7 Å². The third kappa shape index (κ3) is 3.27. The third-order valence-electron chi connectivity index (χ3n) is 3.92. The van der Waals surface area contributed by atoms with E-state index in [9.17, 15) is 5.11 Å². The highest BCUT2D eigenvalue weighted by molar-refractivity contribution is 5.27. The molecule has 0 heterocycles. The fourth-order valence-corrected chi connectivity index (χ4v) is 2.67. The summed E-state index contributed by atoms with van der Waals surface area (Å²) in [6.07, 6.45) is 0.626. The van der Waals surface area contributed by atoms with Crippen LogP contribution < -0.4 is 5.32 Å². The van der Waals surface area contributed by atoms with Gasteiger partial charge in [0.05, 0.1) is 5.60 Å². The Morgan fingerprint density at radius 2 is 1.55 bits per heavy atom. The fourth-order valence-electron chi connectivity index (χ4n) is 2.67. The number of benzene rings is 2. The Balaban J connectivity index is 2.34. The number of aliphatic hydroxyl groups is 1. The monoisotopic (exact) mass is 269 g/mol. The van der Waals surface area contributed by atoms with Gasteiger partial charge in [0.15, 0.2) is 0 Å². The zero-order chi connectivity index (χ0) is 14.4. The average molecular weight is 269 g/mol. The molecule has 0 saturated heterocycles. The van der Waals surface area contributed by atoms with Gasteiger partial charge in [-0.2, -0.15) is 0 Å². The van der Waals surface area contributed by atoms with Crippen LogP contribution in [0.25, 0.3) is 0 Å². The highest BCUT2D eigenvalue weighted by atomic mass is 16.3. The lowest BCUT2D eigenvalue weighted by Gasteiger charge is -2.35. The van der Waals surface area contributed by atoms with Crippen molar-refractivity contribution >= 4 is 0 Å². The summed E-state index contributed by atoms with van der Waals surface area (Å²) in [5.74, 6) is 0.120. The first-order valence-corrected chi connectivity index (χ1v) is 7.13. The molecule has 0 radical (unpaired) electrons. The van der Waals surface area contributed by atoms with Gasteiger partial charge < -0.3 is 10.4 Å². The Labute approximate surface area is 121 Å². The van der Waals surface area contributed by atoms with Crippen molar-refractivity contribution in [3.05, 3.63) is 71.8 Å². The average Bonchev–Trinajstić information content (AvgIpc) is 2.49. The standard InChI is InChI=1S/C18H23NO/c1-15(14-19-2)18(20,17-11-7-4-8-12-17)13-16-9-5-3-6-10-16/h3-12,15,19-20H,13-14H2,1-2H3/t15-,18+/m1/s1. The lowest BCUT2D eigenvalue weighted by Crippen LogP contribution is -2.40. The van der Waals surface area contributed by atoms with E-state index in [0.29, 0.717) is 6.42 Å². The molecule has 2 rings (SSSR count). The second-order valence-electron chi connectivity index (χ2n) is 5.41. The van der Waals surface area contributed by atoms with Crippen LogP contribution in [0.15, 0.2) is 60.7 Å². The molecule has 0 aliphatic heterocycles. The summed E-state index contributed by atoms with van der Waals surface area (Å²) in [6.45, 7) is 2.87. The first-order valence-electron chi connectivity index (χ1n) is 7.13. The molecule has 0 unspecified atom stereocenters. The predicted octanol–water partition coefficient (Wildman–Crippen LogP) is 2.97. The molecule has 2 N–H and O–H groups in total. The van der Waals surface area contributed by atoms with Crippen molar-refractivity contribution < 1.29 is 5.11 Å². The van der Waals surface area contributed by atoms with Gasteiger partial charge in [-0.15, -0.1) is 0 Å². The highest BCUT2D eigenvalue weighted by Gasteiger charge is 2.35. The molecule has 2 aromatic carbocycles. The zero-order valence-corrected chi connectivity index (χ0v) is 12.2. The summed E-state index contributed by atoms with van der Waals surface area (Å²) < 4.78 is 0. The lowest BCUT2D eigenvalue weighted by atomic mass is 9.78. The molecule has 2 nitrogen and oxygen atoms in total. The Morgan fingerprint density at radius 3 is 2.10 bits per heavy atom. The molecule has 0 fully saturated rings. The van der Waals surface area contributed by atoms with Gasteiger partial charge in [-0.25, -0.2) is 0 Å². The number of nitrogens with one attached hydrogen (secondary N) is 1. The molecule has 2 heteroatoms. The van der Waals surface area contributed by atoms with E-state index in [4.69, 9.17) is 0 Å². The summed E-state index contributed by atoms with van der Waals surface area (Å²) >= 11 is 0. The van der Waals surface area contributed by atoms with E-state index in [1.165, 1.54) is 0 Å². The van der Waals surface area contributed by atoms with Crippen molar-refractivity contribution in [2.24, 2.45) is 5.92 Å². The van der Waals surface area contributed by atoms with Crippen molar-refractivity contribution in [1.82, 2.24) is 5.32 Å². The van der Waals surface area contributed by atoms with E-state index in [-0.39, 0.29) is 5.92 Å². The second-order valence-corrected chi connectivity index (χ2v) is 5.41. The summed E-state index contributed by atoms with van der Waals surface area (Å²) in [4.78, 5) is 0. The van der Waals surface area contributed by atoms with Crippen LogP contribution >= 0.6 is 0 Å². The Hall–Kier alpha value is -1.64. The molecule has 0 aliphatic carbocycles. The molecule has 20 heavy (non-hydrogen) atoms. The van der Waals surface area contributed by atoms with Crippen LogP contribution in [0, 0.1) is 5.92 Å². The maximum Gasteiger partial charge on any atom is 0.0974 e. The molecule has 0 aliphatic rings. The molecule has 0 aromatic heterocycles. The topological polar surface area (TPSA) is 32.3 Å². The Bertz CT molecular complexity index is 511. The Kier molecular flexibility index (Phi) is 4.94. The van der Waals surface area contributed by atoms with Crippen LogP contribution in [0.5, 0.6) is 0 Å². The smallest absolute Gasteiger partial charge is 0.0974 e. The highest BCUT2D eigenvalue weighted by Crippen LogP contribution is 2.33. The summed E-state index contributed by atoms with van der Waals surface area (Å²) in [5.41, 5.74) is 1.28. The minimum atomic E-state index is -0.856. The minimum absolute atomic E-state index is 0.120. The number of hydrogen-bond donors (Lipinski definition) is 2. The lowest BCUT2D eigenvalue weighted by molar-refractivity contribution is -0.0160. The van der Waals surface area contributed by atoms with Gasteiger partial charge >= 0.3 is 0 Å². The molecule has 2 atom stereocenters. The van der Waals surface area contributed by atoms with Crippen molar-refractivity contribution in [3.63, 3.8) is 0 Å². The van der Waals surface area contributed by atoms with Crippen molar-refractivity contribution in [2.45, 2.75) is 18.9 Å². The molecule has 0 bridgehead atoms. The maximum absolute atomic E-state index is 11.3. The van der Waals surface area contributed by atoms with E-state index in [1.54, 1.807) is 0 Å². The predicted molar refractivity (Wildman–Crippen MR) is 83.6 cm³/mol. The minimum Gasteiger partial charge on any atom is -0.384 e. The van der Waals surface area contributed by atoms with Gasteiger partial charge in [0.1, 0.15) is 0 Å². The van der Waals surface area contributed by atoms with Crippen LogP contribution in [0.3, 0.4) is 0 Å². The van der Waals surface area contributed by atoms with Crippen molar-refractivity contribution in [2.75, 3.05) is 13.6 Å². The van der Waals surface area contributed by atoms with Crippen LogP contribution in [-0.2, 0) is 12.0 Å². The van der Waals surface area contributed by atoms with Gasteiger partial charge in [0.2, 0.25) is 0 Å². The molecule has 0 amide bonds. The first kappa shape index (κ1) is 14.8. The van der Waals surface area contributed by atoms with E-state index >= 15 is 0 Å². The summed E-state index contributed by atoms with van der Waals surface area (Å²) in [7, 11) is 1.92. The van der Waals surface area contributed by atoms with Gasteiger partial charge in [0.25, 0.3) is 0 Å². The van der Waals surface area contributed by atoms with Gasteiger partial charge in [-0.1, -0.05) is 67.6 Å². The molecular formula is C18H23NO. The van der Waals surface area contributed by atoms with Crippen LogP contribution in [0.2, 0.25) is 0 Å².